The van der Waals surface area contributed by atoms with Gasteiger partial charge in [0.25, 0.3) is 11.9 Å². The van der Waals surface area contributed by atoms with Crippen LogP contribution in [0.3, 0.4) is 0 Å². The summed E-state index contributed by atoms with van der Waals surface area (Å²) in [4.78, 5) is 38.3. The van der Waals surface area contributed by atoms with Gasteiger partial charge in [-0.05, 0) is 43.4 Å². The predicted molar refractivity (Wildman–Crippen MR) is 146 cm³/mol. The van der Waals surface area contributed by atoms with Gasteiger partial charge in [-0.15, -0.1) is 0 Å². The molecular weight excluding hydrogens is 577 g/mol. The number of nitrogens with one attached hydrogen (secondary N) is 2. The molecule has 15 heteroatoms. The van der Waals surface area contributed by atoms with Crippen molar-refractivity contribution in [1.82, 2.24) is 14.9 Å². The number of rotatable bonds is 5. The minimum atomic E-state index is -4.89. The van der Waals surface area contributed by atoms with Crippen LogP contribution >= 0.6 is 0 Å². The summed E-state index contributed by atoms with van der Waals surface area (Å²) in [5.74, 6) is -3.31. The van der Waals surface area contributed by atoms with E-state index in [1.165, 1.54) is 17.2 Å². The van der Waals surface area contributed by atoms with Gasteiger partial charge >= 0.3 is 12.2 Å². The average Bonchev–Trinajstić information content (AvgIpc) is 3.29. The molecule has 2 saturated heterocycles. The van der Waals surface area contributed by atoms with E-state index in [0.717, 1.165) is 18.9 Å². The van der Waals surface area contributed by atoms with Crippen molar-refractivity contribution in [3.63, 3.8) is 0 Å². The zero-order valence-corrected chi connectivity index (χ0v) is 23.1. The first-order valence-electron chi connectivity index (χ1n) is 13.7. The maximum atomic E-state index is 13.9. The average molecular weight is 606 g/mol. The Morgan fingerprint density at radius 2 is 1.84 bits per heavy atom. The maximum absolute atomic E-state index is 13.9. The molecule has 1 unspecified atom stereocenters. The Kier molecular flexibility index (Phi) is 8.56. The van der Waals surface area contributed by atoms with Crippen molar-refractivity contribution in [2.45, 2.75) is 32.4 Å². The van der Waals surface area contributed by atoms with Gasteiger partial charge in [0, 0.05) is 45.3 Å². The molecule has 1 aromatic carbocycles. The summed E-state index contributed by atoms with van der Waals surface area (Å²) in [6, 6.07) is 7.27. The Balaban J connectivity index is 1.22. The monoisotopic (exact) mass is 605 g/mol. The van der Waals surface area contributed by atoms with Crippen molar-refractivity contribution >= 4 is 35.1 Å². The third-order valence-electron chi connectivity index (χ3n) is 7.20. The maximum Gasteiger partial charge on any atom is 0.437 e. The number of hydrogen-bond donors (Lipinski definition) is 2. The molecule has 4 heterocycles. The summed E-state index contributed by atoms with van der Waals surface area (Å²) in [6.07, 6.45) is -1.35. The van der Waals surface area contributed by atoms with Crippen LogP contribution in [0.5, 0.6) is 0 Å². The predicted octanol–water partition coefficient (Wildman–Crippen LogP) is 5.20. The molecule has 3 amide bonds. The van der Waals surface area contributed by atoms with Gasteiger partial charge in [-0.25, -0.2) is 14.2 Å². The van der Waals surface area contributed by atoms with Crippen LogP contribution in [0.1, 0.15) is 42.4 Å². The number of pyridine rings is 1. The fourth-order valence-corrected chi connectivity index (χ4v) is 5.04. The van der Waals surface area contributed by atoms with Gasteiger partial charge in [-0.1, -0.05) is 13.0 Å². The van der Waals surface area contributed by atoms with Gasteiger partial charge in [-0.3, -0.25) is 4.79 Å². The SMILES string of the molecule is CC1CCCN(c2nc(C(F)(F)F)c(C(=O)Nc3ccc(N4CCCN(C(=O)Nc5c(F)c#ccc5F)CC4)nc3)o2)C1. The van der Waals surface area contributed by atoms with E-state index >= 15 is 0 Å². The Hall–Kier alpha value is -4.61. The standard InChI is InChI=1S/C28H28F5N7O3/c1-17-5-3-10-40(16-17)27-37-24(28(31,32)33)23(43-27)25(41)35-18-8-9-21(34-15-18)38-11-4-12-39(14-13-38)26(42)36-22-19(29)6-2-7-20(22)30/h6,8-9,15,17H,3-5,10-14,16H2,1H3,(H,35,41)(H,36,42). The number of piperidine rings is 1. The molecule has 10 nitrogen and oxygen atoms in total. The van der Waals surface area contributed by atoms with Gasteiger partial charge in [0.05, 0.1) is 11.9 Å². The summed E-state index contributed by atoms with van der Waals surface area (Å²) in [5, 5.41) is 4.62. The zero-order valence-electron chi connectivity index (χ0n) is 23.1. The smallest absolute Gasteiger partial charge is 0.417 e. The molecule has 228 valence electrons. The molecule has 2 N–H and O–H groups in total. The van der Waals surface area contributed by atoms with Crippen molar-refractivity contribution in [3.05, 3.63) is 59.6 Å². The van der Waals surface area contributed by atoms with Crippen molar-refractivity contribution in [2.24, 2.45) is 5.92 Å². The number of hydrogen-bond acceptors (Lipinski definition) is 7. The molecule has 2 aliphatic rings. The first kappa shape index (κ1) is 29.9. The molecule has 2 fully saturated rings. The molecule has 0 saturated carbocycles. The van der Waals surface area contributed by atoms with E-state index in [0.29, 0.717) is 45.0 Å². The topological polar surface area (TPSA) is 107 Å². The Labute approximate surface area is 243 Å². The highest BCUT2D eigenvalue weighted by molar-refractivity contribution is 6.03. The number of halogens is 5. The van der Waals surface area contributed by atoms with Gasteiger partial charge in [-0.2, -0.15) is 22.5 Å². The zero-order chi connectivity index (χ0) is 30.7. The van der Waals surface area contributed by atoms with E-state index in [4.69, 9.17) is 4.42 Å². The van der Waals surface area contributed by atoms with Crippen LogP contribution in [-0.2, 0) is 6.18 Å². The molecule has 0 aliphatic carbocycles. The number of oxazole rings is 1. The van der Waals surface area contributed by atoms with Gasteiger partial charge in [0.15, 0.2) is 17.3 Å². The third kappa shape index (κ3) is 6.90. The highest BCUT2D eigenvalue weighted by Gasteiger charge is 2.42. The normalized spacial score (nSPS) is 17.7. The summed E-state index contributed by atoms with van der Waals surface area (Å²) in [7, 11) is 0. The van der Waals surface area contributed by atoms with E-state index < -0.39 is 46.9 Å². The fraction of sp³-hybridized carbons (Fsp3) is 0.429. The van der Waals surface area contributed by atoms with Crippen LogP contribution in [0, 0.1) is 29.7 Å². The number of alkyl halides is 3. The number of carbonyl (C=O) groups is 2. The van der Waals surface area contributed by atoms with Gasteiger partial charge < -0.3 is 29.8 Å². The summed E-state index contributed by atoms with van der Waals surface area (Å²) in [5.41, 5.74) is -1.85. The lowest BCUT2D eigenvalue weighted by Crippen LogP contribution is -2.38. The van der Waals surface area contributed by atoms with E-state index in [9.17, 15) is 31.5 Å². The van der Waals surface area contributed by atoms with E-state index in [1.807, 2.05) is 11.8 Å². The molecule has 2 aliphatic heterocycles. The largest absolute Gasteiger partial charge is 0.437 e. The highest BCUT2D eigenvalue weighted by atomic mass is 19.4. The van der Waals surface area contributed by atoms with Gasteiger partial charge in [0.2, 0.25) is 5.76 Å². The second-order valence-corrected chi connectivity index (χ2v) is 10.4. The van der Waals surface area contributed by atoms with Crippen molar-refractivity contribution in [1.29, 1.82) is 0 Å². The van der Waals surface area contributed by atoms with E-state index in [1.54, 1.807) is 11.0 Å². The first-order valence-corrected chi connectivity index (χ1v) is 13.7. The number of anilines is 4. The minimum absolute atomic E-state index is 0.142. The number of amides is 3. The second kappa shape index (κ2) is 12.3. The summed E-state index contributed by atoms with van der Waals surface area (Å²) in [6.45, 7) is 4.33. The lowest BCUT2D eigenvalue weighted by atomic mass is 10.0. The molecule has 0 radical (unpaired) electrons. The lowest BCUT2D eigenvalue weighted by Gasteiger charge is -2.29. The lowest BCUT2D eigenvalue weighted by molar-refractivity contribution is -0.141. The number of nitrogens with zero attached hydrogens (tertiary/aromatic N) is 5. The van der Waals surface area contributed by atoms with E-state index in [-0.39, 0.29) is 24.2 Å². The Morgan fingerprint density at radius 3 is 2.53 bits per heavy atom. The van der Waals surface area contributed by atoms with Crippen LogP contribution in [-0.4, -0.2) is 66.1 Å². The molecule has 43 heavy (non-hydrogen) atoms. The fourth-order valence-electron chi connectivity index (χ4n) is 5.04. The van der Waals surface area contributed by atoms with Crippen molar-refractivity contribution < 1.29 is 36.0 Å². The molecule has 2 aromatic heterocycles. The molecule has 5 rings (SSSR count). The summed E-state index contributed by atoms with van der Waals surface area (Å²) < 4.78 is 74.2. The van der Waals surface area contributed by atoms with Crippen LogP contribution < -0.4 is 20.4 Å². The van der Waals surface area contributed by atoms with Crippen molar-refractivity contribution in [3.8, 4) is 0 Å². The molecular formula is C28H28F5N7O3. The second-order valence-electron chi connectivity index (χ2n) is 10.4. The number of urea groups is 1. The molecule has 1 atom stereocenters. The quantitative estimate of drug-likeness (QED) is 0.385. The molecule has 0 bridgehead atoms. The Morgan fingerprint density at radius 1 is 1.05 bits per heavy atom. The summed E-state index contributed by atoms with van der Waals surface area (Å²) >= 11 is 0. The minimum Gasteiger partial charge on any atom is -0.417 e. The molecule has 0 spiro atoms. The van der Waals surface area contributed by atoms with E-state index in [2.05, 4.69) is 32.7 Å². The van der Waals surface area contributed by atoms with Crippen molar-refractivity contribution in [2.75, 3.05) is 59.7 Å². The van der Waals surface area contributed by atoms with Gasteiger partial charge in [0.1, 0.15) is 11.5 Å². The van der Waals surface area contributed by atoms with Crippen LogP contribution in [0.25, 0.3) is 0 Å². The van der Waals surface area contributed by atoms with Crippen LogP contribution in [0.4, 0.5) is 50.0 Å². The molecule has 3 aromatic rings. The number of aromatic nitrogens is 2. The third-order valence-corrected chi connectivity index (χ3v) is 7.20. The first-order chi connectivity index (χ1) is 20.5. The van der Waals surface area contributed by atoms with Crippen LogP contribution in [0.15, 0.2) is 28.8 Å². The number of carbonyl (C=O) groups excluding carboxylic acids is 2. The Bertz CT molecular complexity index is 1440. The van der Waals surface area contributed by atoms with Crippen LogP contribution in [0.2, 0.25) is 0 Å². The highest BCUT2D eigenvalue weighted by Crippen LogP contribution is 2.35.